The van der Waals surface area contributed by atoms with Crippen LogP contribution in [0, 0.1) is 5.92 Å². The molecule has 3 heterocycles. The van der Waals surface area contributed by atoms with E-state index in [9.17, 15) is 5.11 Å². The molecule has 0 radical (unpaired) electrons. The highest BCUT2D eigenvalue weighted by Gasteiger charge is 2.28. The Labute approximate surface area is 126 Å². The van der Waals surface area contributed by atoms with E-state index in [2.05, 4.69) is 35.8 Å². The molecule has 5 nitrogen and oxygen atoms in total. The van der Waals surface area contributed by atoms with Gasteiger partial charge in [-0.05, 0) is 40.8 Å². The van der Waals surface area contributed by atoms with Gasteiger partial charge in [0.2, 0.25) is 0 Å². The van der Waals surface area contributed by atoms with Crippen molar-refractivity contribution in [2.75, 3.05) is 18.0 Å². The number of nitrogens with zero attached hydrogens (tertiary/aromatic N) is 3. The first kappa shape index (κ1) is 13.6. The van der Waals surface area contributed by atoms with Gasteiger partial charge in [-0.25, -0.2) is 4.98 Å². The maximum absolute atomic E-state index is 10.3. The molecule has 0 spiro atoms. The van der Waals surface area contributed by atoms with Gasteiger partial charge in [-0.3, -0.25) is 4.98 Å². The number of aliphatic hydroxyl groups excluding tert-OH is 1. The molecule has 0 aliphatic carbocycles. The molecule has 1 saturated heterocycles. The zero-order chi connectivity index (χ0) is 13.9. The van der Waals surface area contributed by atoms with Crippen molar-refractivity contribution in [2.24, 2.45) is 5.92 Å². The topological polar surface area (TPSA) is 65.0 Å². The number of hydrogen-bond acceptors (Lipinski definition) is 4. The van der Waals surface area contributed by atoms with Crippen LogP contribution in [0.1, 0.15) is 24.8 Å². The first-order chi connectivity index (χ1) is 9.75. The maximum atomic E-state index is 10.3. The SMILES string of the molecule is OC(c1ncc[nH]1)C1CCN(c2ccncc2Br)CC1. The second-order valence-electron chi connectivity index (χ2n) is 5.07. The van der Waals surface area contributed by atoms with E-state index in [1.165, 1.54) is 5.69 Å². The van der Waals surface area contributed by atoms with Crippen LogP contribution in [0.4, 0.5) is 5.69 Å². The van der Waals surface area contributed by atoms with Crippen molar-refractivity contribution in [3.05, 3.63) is 41.2 Å². The molecule has 2 aromatic heterocycles. The second kappa shape index (κ2) is 5.93. The summed E-state index contributed by atoms with van der Waals surface area (Å²) in [7, 11) is 0. The zero-order valence-corrected chi connectivity index (χ0v) is 12.6. The van der Waals surface area contributed by atoms with Crippen LogP contribution < -0.4 is 4.90 Å². The Balaban J connectivity index is 1.64. The Morgan fingerprint density at radius 2 is 2.15 bits per heavy atom. The lowest BCUT2D eigenvalue weighted by atomic mass is 9.90. The molecule has 0 bridgehead atoms. The van der Waals surface area contributed by atoms with E-state index < -0.39 is 6.10 Å². The van der Waals surface area contributed by atoms with Gasteiger partial charge in [-0.2, -0.15) is 0 Å². The fourth-order valence-corrected chi connectivity index (χ4v) is 3.24. The largest absolute Gasteiger partial charge is 0.385 e. The minimum absolute atomic E-state index is 0.262. The lowest BCUT2D eigenvalue weighted by Gasteiger charge is -2.35. The normalized spacial score (nSPS) is 18.2. The van der Waals surface area contributed by atoms with Crippen LogP contribution in [0.25, 0.3) is 0 Å². The number of anilines is 1. The van der Waals surface area contributed by atoms with E-state index in [4.69, 9.17) is 0 Å². The summed E-state index contributed by atoms with van der Waals surface area (Å²) in [6, 6.07) is 2.02. The van der Waals surface area contributed by atoms with Gasteiger partial charge in [0.25, 0.3) is 0 Å². The molecule has 1 fully saturated rings. The molecule has 106 valence electrons. The summed E-state index contributed by atoms with van der Waals surface area (Å²) in [5.41, 5.74) is 1.17. The van der Waals surface area contributed by atoms with Crippen molar-refractivity contribution < 1.29 is 5.11 Å². The molecule has 1 aliphatic rings. The van der Waals surface area contributed by atoms with E-state index in [-0.39, 0.29) is 5.92 Å². The summed E-state index contributed by atoms with van der Waals surface area (Å²) in [5, 5.41) is 10.3. The molecule has 20 heavy (non-hydrogen) atoms. The zero-order valence-electron chi connectivity index (χ0n) is 11.0. The molecule has 1 unspecified atom stereocenters. The summed E-state index contributed by atoms with van der Waals surface area (Å²) >= 11 is 3.54. The average Bonchev–Trinajstić information content (AvgIpc) is 3.01. The van der Waals surface area contributed by atoms with E-state index in [1.807, 2.05) is 18.5 Å². The number of nitrogens with one attached hydrogen (secondary N) is 1. The van der Waals surface area contributed by atoms with Gasteiger partial charge in [-0.1, -0.05) is 0 Å². The predicted molar refractivity (Wildman–Crippen MR) is 80.4 cm³/mol. The van der Waals surface area contributed by atoms with Gasteiger partial charge in [0.1, 0.15) is 11.9 Å². The third-order valence-corrected chi connectivity index (χ3v) is 4.49. The quantitative estimate of drug-likeness (QED) is 0.903. The molecule has 0 aromatic carbocycles. The van der Waals surface area contributed by atoms with E-state index in [1.54, 1.807) is 12.4 Å². The Kier molecular flexibility index (Phi) is 4.03. The second-order valence-corrected chi connectivity index (χ2v) is 5.93. The Morgan fingerprint density at radius 3 is 2.80 bits per heavy atom. The van der Waals surface area contributed by atoms with Gasteiger partial charge in [-0.15, -0.1) is 0 Å². The van der Waals surface area contributed by atoms with E-state index in [0.29, 0.717) is 5.82 Å². The number of aromatic amines is 1. The maximum Gasteiger partial charge on any atom is 0.135 e. The van der Waals surface area contributed by atoms with Crippen molar-refractivity contribution in [1.29, 1.82) is 0 Å². The van der Waals surface area contributed by atoms with Gasteiger partial charge in [0, 0.05) is 37.9 Å². The highest BCUT2D eigenvalue weighted by Crippen LogP contribution is 2.33. The standard InChI is InChI=1S/C14H17BrN4O/c15-11-9-16-4-1-12(11)19-7-2-10(3-8-19)13(20)14-17-5-6-18-14/h1,4-6,9-10,13,20H,2-3,7-8H2,(H,17,18). The van der Waals surface area contributed by atoms with E-state index >= 15 is 0 Å². The minimum Gasteiger partial charge on any atom is -0.385 e. The summed E-state index contributed by atoms with van der Waals surface area (Å²) in [4.78, 5) is 13.6. The van der Waals surface area contributed by atoms with Crippen LogP contribution >= 0.6 is 15.9 Å². The van der Waals surface area contributed by atoms with Gasteiger partial charge in [0.15, 0.2) is 0 Å². The molecule has 0 saturated carbocycles. The molecule has 1 aliphatic heterocycles. The number of aromatic nitrogens is 3. The molecule has 3 rings (SSSR count). The number of imidazole rings is 1. The predicted octanol–water partition coefficient (Wildman–Crippen LogP) is 2.52. The van der Waals surface area contributed by atoms with Gasteiger partial charge >= 0.3 is 0 Å². The monoisotopic (exact) mass is 336 g/mol. The molecular weight excluding hydrogens is 320 g/mol. The number of hydrogen-bond donors (Lipinski definition) is 2. The highest BCUT2D eigenvalue weighted by atomic mass is 79.9. The molecule has 2 aromatic rings. The molecule has 6 heteroatoms. The van der Waals surface area contributed by atoms with Crippen molar-refractivity contribution in [1.82, 2.24) is 15.0 Å². The first-order valence-electron chi connectivity index (χ1n) is 6.77. The summed E-state index contributed by atoms with van der Waals surface area (Å²) in [6.07, 6.45) is 8.48. The number of aliphatic hydroxyl groups is 1. The molecule has 2 N–H and O–H groups in total. The van der Waals surface area contributed by atoms with E-state index in [0.717, 1.165) is 30.4 Å². The van der Waals surface area contributed by atoms with Crippen LogP contribution in [0.2, 0.25) is 0 Å². The smallest absolute Gasteiger partial charge is 0.135 e. The molecule has 1 atom stereocenters. The van der Waals surface area contributed by atoms with Crippen LogP contribution in [-0.2, 0) is 0 Å². The number of piperidine rings is 1. The summed E-state index contributed by atoms with van der Waals surface area (Å²) in [5.74, 6) is 0.937. The number of H-pyrrole nitrogens is 1. The van der Waals surface area contributed by atoms with Crippen LogP contribution in [0.3, 0.4) is 0 Å². The molecular formula is C14H17BrN4O. The van der Waals surface area contributed by atoms with Crippen LogP contribution in [0.5, 0.6) is 0 Å². The fourth-order valence-electron chi connectivity index (χ4n) is 2.74. The lowest BCUT2D eigenvalue weighted by molar-refractivity contribution is 0.0857. The minimum atomic E-state index is -0.493. The van der Waals surface area contributed by atoms with Crippen molar-refractivity contribution in [3.8, 4) is 0 Å². The van der Waals surface area contributed by atoms with Crippen LogP contribution in [-0.4, -0.2) is 33.1 Å². The average molecular weight is 337 g/mol. The van der Waals surface area contributed by atoms with Gasteiger partial charge in [0.05, 0.1) is 10.2 Å². The number of halogens is 1. The highest BCUT2D eigenvalue weighted by molar-refractivity contribution is 9.10. The van der Waals surface area contributed by atoms with Crippen molar-refractivity contribution in [3.63, 3.8) is 0 Å². The summed E-state index contributed by atoms with van der Waals surface area (Å²) < 4.78 is 1.02. The van der Waals surface area contributed by atoms with Crippen molar-refractivity contribution in [2.45, 2.75) is 18.9 Å². The molecule has 0 amide bonds. The number of rotatable bonds is 3. The van der Waals surface area contributed by atoms with Crippen molar-refractivity contribution >= 4 is 21.6 Å². The third-order valence-electron chi connectivity index (χ3n) is 3.88. The fraction of sp³-hybridized carbons (Fsp3) is 0.429. The third kappa shape index (κ3) is 2.71. The Hall–Kier alpha value is -1.40. The lowest BCUT2D eigenvalue weighted by Crippen LogP contribution is -2.36. The van der Waals surface area contributed by atoms with Crippen LogP contribution in [0.15, 0.2) is 35.3 Å². The number of pyridine rings is 1. The Bertz CT molecular complexity index is 552. The first-order valence-corrected chi connectivity index (χ1v) is 7.57. The van der Waals surface area contributed by atoms with Gasteiger partial charge < -0.3 is 15.0 Å². The Morgan fingerprint density at radius 1 is 1.35 bits per heavy atom. The summed E-state index contributed by atoms with van der Waals surface area (Å²) in [6.45, 7) is 1.87.